The molecule has 0 aromatic carbocycles. The number of nitrogens with zero attached hydrogens (tertiary/aromatic N) is 3. The molecule has 0 radical (unpaired) electrons. The number of ether oxygens (including phenoxy) is 1. The number of hydrogen-bond donors (Lipinski definition) is 1. The average molecular weight is 343 g/mol. The molecule has 1 atom stereocenters. The van der Waals surface area contributed by atoms with Gasteiger partial charge in [0.1, 0.15) is 5.82 Å². The van der Waals surface area contributed by atoms with Crippen LogP contribution in [-0.2, 0) is 9.53 Å². The highest BCUT2D eigenvalue weighted by Crippen LogP contribution is 2.15. The van der Waals surface area contributed by atoms with E-state index >= 15 is 0 Å². The summed E-state index contributed by atoms with van der Waals surface area (Å²) in [5, 5.41) is 0. The number of rotatable bonds is 4. The molecule has 7 nitrogen and oxygen atoms in total. The van der Waals surface area contributed by atoms with Gasteiger partial charge >= 0.3 is 5.97 Å². The summed E-state index contributed by atoms with van der Waals surface area (Å²) in [4.78, 5) is 31.6. The maximum Gasteiger partial charge on any atom is 0.339 e. The lowest BCUT2D eigenvalue weighted by Crippen LogP contribution is -2.52. The summed E-state index contributed by atoms with van der Waals surface area (Å²) in [6.07, 6.45) is 1.52. The number of piperazine rings is 1. The van der Waals surface area contributed by atoms with Crippen molar-refractivity contribution >= 4 is 30.1 Å². The van der Waals surface area contributed by atoms with Crippen LogP contribution in [-0.4, -0.2) is 60.6 Å². The van der Waals surface area contributed by atoms with Crippen molar-refractivity contribution in [1.82, 2.24) is 9.88 Å². The van der Waals surface area contributed by atoms with Gasteiger partial charge < -0.3 is 20.3 Å². The minimum atomic E-state index is -0.464. The summed E-state index contributed by atoms with van der Waals surface area (Å²) < 4.78 is 4.93. The first-order chi connectivity index (χ1) is 10.5. The summed E-state index contributed by atoms with van der Waals surface area (Å²) in [5.74, 6) is 0.403. The Morgan fingerprint density at radius 1 is 1.30 bits per heavy atom. The van der Waals surface area contributed by atoms with Crippen molar-refractivity contribution in [3.05, 3.63) is 23.9 Å². The van der Waals surface area contributed by atoms with Gasteiger partial charge in [0.15, 0.2) is 0 Å². The molecule has 0 bridgehead atoms. The third-order valence-electron chi connectivity index (χ3n) is 3.56. The van der Waals surface area contributed by atoms with Gasteiger partial charge in [-0.3, -0.25) is 4.79 Å². The average Bonchev–Trinajstić information content (AvgIpc) is 2.54. The predicted molar refractivity (Wildman–Crippen MR) is 89.9 cm³/mol. The zero-order valence-corrected chi connectivity index (χ0v) is 14.2. The van der Waals surface area contributed by atoms with Crippen molar-refractivity contribution in [2.45, 2.75) is 19.9 Å². The fourth-order valence-electron chi connectivity index (χ4n) is 2.35. The van der Waals surface area contributed by atoms with Crippen LogP contribution in [0.5, 0.6) is 0 Å². The lowest BCUT2D eigenvalue weighted by molar-refractivity contribution is -0.132. The first kappa shape index (κ1) is 19.2. The molecule has 2 N–H and O–H groups in total. The first-order valence-corrected chi connectivity index (χ1v) is 7.45. The summed E-state index contributed by atoms with van der Waals surface area (Å²) in [6.45, 7) is 6.46. The summed E-state index contributed by atoms with van der Waals surface area (Å²) in [7, 11) is 0. The second-order valence-electron chi connectivity index (χ2n) is 5.23. The van der Waals surface area contributed by atoms with Gasteiger partial charge in [-0.1, -0.05) is 0 Å². The van der Waals surface area contributed by atoms with E-state index in [0.717, 1.165) is 5.82 Å². The van der Waals surface area contributed by atoms with Crippen molar-refractivity contribution < 1.29 is 14.3 Å². The van der Waals surface area contributed by atoms with Gasteiger partial charge in [0.2, 0.25) is 5.91 Å². The van der Waals surface area contributed by atoms with Crippen LogP contribution in [0.15, 0.2) is 18.3 Å². The van der Waals surface area contributed by atoms with Crippen molar-refractivity contribution in [1.29, 1.82) is 0 Å². The normalized spacial score (nSPS) is 15.6. The van der Waals surface area contributed by atoms with Gasteiger partial charge in [0, 0.05) is 32.4 Å². The monoisotopic (exact) mass is 342 g/mol. The van der Waals surface area contributed by atoms with E-state index in [9.17, 15) is 9.59 Å². The van der Waals surface area contributed by atoms with E-state index in [0.29, 0.717) is 38.3 Å². The smallest absolute Gasteiger partial charge is 0.339 e. The van der Waals surface area contributed by atoms with Gasteiger partial charge in [-0.05, 0) is 26.0 Å². The van der Waals surface area contributed by atoms with Crippen molar-refractivity contribution in [3.8, 4) is 0 Å². The number of amides is 1. The first-order valence-electron chi connectivity index (χ1n) is 7.45. The van der Waals surface area contributed by atoms with Crippen LogP contribution in [0.1, 0.15) is 24.2 Å². The second-order valence-corrected chi connectivity index (χ2v) is 5.23. The van der Waals surface area contributed by atoms with E-state index in [1.165, 1.54) is 6.20 Å². The Hall–Kier alpha value is -1.86. The van der Waals surface area contributed by atoms with Crippen LogP contribution < -0.4 is 10.6 Å². The fraction of sp³-hybridized carbons (Fsp3) is 0.533. The topological polar surface area (TPSA) is 88.8 Å². The maximum absolute atomic E-state index is 11.8. The molecular weight excluding hydrogens is 320 g/mol. The van der Waals surface area contributed by atoms with E-state index in [2.05, 4.69) is 9.88 Å². The Morgan fingerprint density at radius 3 is 2.43 bits per heavy atom. The Morgan fingerprint density at radius 2 is 1.96 bits per heavy atom. The van der Waals surface area contributed by atoms with Crippen molar-refractivity contribution in [2.75, 3.05) is 37.7 Å². The molecule has 2 heterocycles. The molecule has 1 amide bonds. The van der Waals surface area contributed by atoms with Gasteiger partial charge in [-0.15, -0.1) is 12.4 Å². The largest absolute Gasteiger partial charge is 0.462 e. The van der Waals surface area contributed by atoms with E-state index in [1.54, 1.807) is 30.9 Å². The van der Waals surface area contributed by atoms with Crippen LogP contribution >= 0.6 is 12.4 Å². The van der Waals surface area contributed by atoms with Crippen molar-refractivity contribution in [2.24, 2.45) is 5.73 Å². The van der Waals surface area contributed by atoms with Crippen LogP contribution in [0.2, 0.25) is 0 Å². The van der Waals surface area contributed by atoms with Crippen LogP contribution in [0.25, 0.3) is 0 Å². The van der Waals surface area contributed by atoms with E-state index in [1.807, 2.05) is 0 Å². The molecule has 2 rings (SSSR count). The number of aromatic nitrogens is 1. The van der Waals surface area contributed by atoms with Gasteiger partial charge in [-0.2, -0.15) is 0 Å². The lowest BCUT2D eigenvalue weighted by atomic mass is 10.2. The van der Waals surface area contributed by atoms with E-state index in [4.69, 9.17) is 10.5 Å². The number of hydrogen-bond acceptors (Lipinski definition) is 6. The molecular formula is C15H23ClN4O3. The van der Waals surface area contributed by atoms with Gasteiger partial charge in [0.05, 0.1) is 18.2 Å². The quantitative estimate of drug-likeness (QED) is 0.809. The molecule has 1 fully saturated rings. The van der Waals surface area contributed by atoms with E-state index in [-0.39, 0.29) is 24.3 Å². The number of carbonyl (C=O) groups is 2. The zero-order valence-electron chi connectivity index (χ0n) is 13.4. The van der Waals surface area contributed by atoms with Crippen LogP contribution in [0, 0.1) is 0 Å². The molecule has 8 heteroatoms. The second kappa shape index (κ2) is 8.69. The van der Waals surface area contributed by atoms with Crippen LogP contribution in [0.4, 0.5) is 5.82 Å². The third kappa shape index (κ3) is 4.80. The Balaban J connectivity index is 0.00000264. The minimum Gasteiger partial charge on any atom is -0.462 e. The number of pyridine rings is 1. The highest BCUT2D eigenvalue weighted by Gasteiger charge is 2.23. The Labute approximate surface area is 142 Å². The Kier molecular flexibility index (Phi) is 7.25. The highest BCUT2D eigenvalue weighted by molar-refractivity contribution is 5.89. The molecule has 0 aliphatic carbocycles. The van der Waals surface area contributed by atoms with Crippen LogP contribution in [0.3, 0.4) is 0 Å². The number of esters is 1. The van der Waals surface area contributed by atoms with Crippen molar-refractivity contribution in [3.63, 3.8) is 0 Å². The minimum absolute atomic E-state index is 0. The predicted octanol–water partition coefficient (Wildman–Crippen LogP) is 0.676. The van der Waals surface area contributed by atoms with Gasteiger partial charge in [0.25, 0.3) is 0 Å². The number of halogens is 1. The van der Waals surface area contributed by atoms with E-state index < -0.39 is 6.04 Å². The molecule has 0 spiro atoms. The molecule has 1 aliphatic rings. The molecule has 1 aromatic rings. The third-order valence-corrected chi connectivity index (χ3v) is 3.56. The molecule has 1 unspecified atom stereocenters. The SMILES string of the molecule is CCOC(=O)c1ccc(N2CCN(C(=O)C(C)N)CC2)nc1.Cl. The molecule has 1 saturated heterocycles. The number of carbonyl (C=O) groups excluding carboxylic acids is 2. The molecule has 128 valence electrons. The zero-order chi connectivity index (χ0) is 16.1. The molecule has 1 aromatic heterocycles. The lowest BCUT2D eigenvalue weighted by Gasteiger charge is -2.36. The van der Waals surface area contributed by atoms with Gasteiger partial charge in [-0.25, -0.2) is 9.78 Å². The Bertz CT molecular complexity index is 528. The molecule has 0 saturated carbocycles. The molecule has 1 aliphatic heterocycles. The highest BCUT2D eigenvalue weighted by atomic mass is 35.5. The fourth-order valence-corrected chi connectivity index (χ4v) is 2.35. The summed E-state index contributed by atoms with van der Waals surface area (Å²) in [6, 6.07) is 3.04. The molecule has 23 heavy (non-hydrogen) atoms. The summed E-state index contributed by atoms with van der Waals surface area (Å²) in [5.41, 5.74) is 6.06. The standard InChI is InChI=1S/C15H22N4O3.ClH/c1-3-22-15(21)12-4-5-13(17-10-12)18-6-8-19(9-7-18)14(20)11(2)16;/h4-5,10-11H,3,6-9,16H2,1-2H3;1H. The number of anilines is 1. The maximum atomic E-state index is 11.8. The number of nitrogens with two attached hydrogens (primary N) is 1. The summed E-state index contributed by atoms with van der Waals surface area (Å²) >= 11 is 0.